The lowest BCUT2D eigenvalue weighted by Crippen LogP contribution is -2.64. The zero-order chi connectivity index (χ0) is 18.2. The van der Waals surface area contributed by atoms with Crippen molar-refractivity contribution >= 4 is 11.6 Å². The van der Waals surface area contributed by atoms with Gasteiger partial charge in [0.15, 0.2) is 5.78 Å². The molecule has 0 saturated heterocycles. The predicted molar refractivity (Wildman–Crippen MR) is 93.7 cm³/mol. The Kier molecular flexibility index (Phi) is 3.66. The summed E-state index contributed by atoms with van der Waals surface area (Å²) < 4.78 is 0. The first-order chi connectivity index (χ1) is 11.6. The molecule has 0 aromatic rings. The van der Waals surface area contributed by atoms with Gasteiger partial charge in [0.05, 0.1) is 11.7 Å². The number of aliphatic hydroxyl groups is 2. The SMILES string of the molecule is CC(=O)[C@H]1CCC2(O)[C@@H]3C(O)CC4=CC(=O)CC[C@]4(C)[C@H]3CC[C@]12C. The Morgan fingerprint density at radius 1 is 1.20 bits per heavy atom. The molecule has 4 rings (SSSR count). The number of rotatable bonds is 1. The van der Waals surface area contributed by atoms with Crippen molar-refractivity contribution in [3.05, 3.63) is 11.6 Å². The molecule has 2 unspecified atom stereocenters. The summed E-state index contributed by atoms with van der Waals surface area (Å²) in [6.07, 6.45) is 6.02. The first-order valence-electron chi connectivity index (χ1n) is 9.78. The number of Topliss-reactive ketones (excluding diaryl/α,β-unsaturated/α-hetero) is 1. The Morgan fingerprint density at radius 3 is 2.60 bits per heavy atom. The molecule has 4 aliphatic rings. The second-order valence-electron chi connectivity index (χ2n) is 9.54. The minimum absolute atomic E-state index is 0.108. The molecular weight excluding hydrogens is 316 g/mol. The summed E-state index contributed by atoms with van der Waals surface area (Å²) in [6, 6.07) is 0. The van der Waals surface area contributed by atoms with E-state index in [0.717, 1.165) is 31.3 Å². The molecule has 0 aliphatic heterocycles. The van der Waals surface area contributed by atoms with Crippen LogP contribution in [0.5, 0.6) is 0 Å². The number of ketones is 2. The van der Waals surface area contributed by atoms with E-state index in [1.54, 1.807) is 13.0 Å². The van der Waals surface area contributed by atoms with Gasteiger partial charge >= 0.3 is 0 Å². The van der Waals surface area contributed by atoms with Crippen molar-refractivity contribution in [3.63, 3.8) is 0 Å². The van der Waals surface area contributed by atoms with Crippen LogP contribution in [0.3, 0.4) is 0 Å². The highest BCUT2D eigenvalue weighted by Crippen LogP contribution is 2.68. The summed E-state index contributed by atoms with van der Waals surface area (Å²) in [7, 11) is 0. The van der Waals surface area contributed by atoms with E-state index in [1.165, 1.54) is 0 Å². The van der Waals surface area contributed by atoms with Gasteiger partial charge in [-0.1, -0.05) is 19.4 Å². The van der Waals surface area contributed by atoms with Crippen LogP contribution in [0.4, 0.5) is 0 Å². The van der Waals surface area contributed by atoms with Crippen molar-refractivity contribution in [3.8, 4) is 0 Å². The fourth-order valence-corrected chi connectivity index (χ4v) is 7.17. The third-order valence-corrected chi connectivity index (χ3v) is 8.64. The van der Waals surface area contributed by atoms with Gasteiger partial charge in [-0.3, -0.25) is 9.59 Å². The Balaban J connectivity index is 1.78. The van der Waals surface area contributed by atoms with Gasteiger partial charge in [0.2, 0.25) is 0 Å². The van der Waals surface area contributed by atoms with Crippen LogP contribution in [0.15, 0.2) is 11.6 Å². The van der Waals surface area contributed by atoms with Crippen molar-refractivity contribution in [1.29, 1.82) is 0 Å². The van der Waals surface area contributed by atoms with Gasteiger partial charge < -0.3 is 10.2 Å². The number of fused-ring (bicyclic) bond motifs is 5. The highest BCUT2D eigenvalue weighted by atomic mass is 16.3. The third kappa shape index (κ3) is 2.07. The lowest BCUT2D eigenvalue weighted by Gasteiger charge is -2.62. The monoisotopic (exact) mass is 346 g/mol. The number of hydrogen-bond acceptors (Lipinski definition) is 4. The van der Waals surface area contributed by atoms with Gasteiger partial charge in [0.25, 0.3) is 0 Å². The fourth-order valence-electron chi connectivity index (χ4n) is 7.17. The lowest BCUT2D eigenvalue weighted by atomic mass is 9.44. The maximum absolute atomic E-state index is 12.2. The normalized spacial score (nSPS) is 52.0. The van der Waals surface area contributed by atoms with Crippen molar-refractivity contribution < 1.29 is 19.8 Å². The average molecular weight is 346 g/mol. The zero-order valence-electron chi connectivity index (χ0n) is 15.5. The largest absolute Gasteiger partial charge is 0.392 e. The molecule has 25 heavy (non-hydrogen) atoms. The molecule has 0 aromatic heterocycles. The molecule has 0 radical (unpaired) electrons. The molecule has 4 heteroatoms. The quantitative estimate of drug-likeness (QED) is 0.766. The lowest BCUT2D eigenvalue weighted by molar-refractivity contribution is -0.212. The molecule has 0 aromatic carbocycles. The van der Waals surface area contributed by atoms with Gasteiger partial charge in [-0.25, -0.2) is 0 Å². The third-order valence-electron chi connectivity index (χ3n) is 8.64. The van der Waals surface area contributed by atoms with E-state index in [0.29, 0.717) is 19.3 Å². The molecule has 2 N–H and O–H groups in total. The molecule has 4 aliphatic carbocycles. The highest BCUT2D eigenvalue weighted by Gasteiger charge is 2.69. The molecule has 3 saturated carbocycles. The van der Waals surface area contributed by atoms with E-state index >= 15 is 0 Å². The van der Waals surface area contributed by atoms with E-state index in [1.807, 2.05) is 0 Å². The van der Waals surface area contributed by atoms with Gasteiger partial charge in [0.1, 0.15) is 5.78 Å². The van der Waals surface area contributed by atoms with E-state index in [4.69, 9.17) is 0 Å². The van der Waals surface area contributed by atoms with Gasteiger partial charge in [-0.15, -0.1) is 0 Å². The number of carbonyl (C=O) groups excluding carboxylic acids is 2. The van der Waals surface area contributed by atoms with Gasteiger partial charge in [0, 0.05) is 23.7 Å². The Hall–Kier alpha value is -1.00. The summed E-state index contributed by atoms with van der Waals surface area (Å²) in [5.74, 6) is 0.195. The molecule has 0 heterocycles. The van der Waals surface area contributed by atoms with Crippen molar-refractivity contribution in [2.75, 3.05) is 0 Å². The van der Waals surface area contributed by atoms with Gasteiger partial charge in [-0.05, 0) is 62.9 Å². The molecular formula is C21H30O4. The Labute approximate surface area is 149 Å². The summed E-state index contributed by atoms with van der Waals surface area (Å²) in [5.41, 5.74) is -0.459. The summed E-state index contributed by atoms with van der Waals surface area (Å²) >= 11 is 0. The molecule has 3 fully saturated rings. The van der Waals surface area contributed by atoms with Crippen LogP contribution in [0, 0.1) is 28.6 Å². The minimum Gasteiger partial charge on any atom is -0.392 e. The molecule has 4 nitrogen and oxygen atoms in total. The molecule has 0 spiro atoms. The summed E-state index contributed by atoms with van der Waals surface area (Å²) in [6.45, 7) is 5.92. The second-order valence-corrected chi connectivity index (χ2v) is 9.54. The van der Waals surface area contributed by atoms with Crippen molar-refractivity contribution in [2.24, 2.45) is 28.6 Å². The van der Waals surface area contributed by atoms with Crippen LogP contribution in [0.2, 0.25) is 0 Å². The number of aliphatic hydroxyl groups excluding tert-OH is 1. The highest BCUT2D eigenvalue weighted by molar-refractivity contribution is 5.91. The van der Waals surface area contributed by atoms with Crippen LogP contribution in [-0.2, 0) is 9.59 Å². The Morgan fingerprint density at radius 2 is 1.92 bits per heavy atom. The fraction of sp³-hybridized carbons (Fsp3) is 0.810. The topological polar surface area (TPSA) is 74.6 Å². The standard InChI is InChI=1S/C21H30O4/c1-12(22)15-6-9-21(25)18-16(5-8-20(15,21)3)19(2)7-4-14(23)10-13(19)11-17(18)24/h10,15-18,24-25H,4-9,11H2,1-3H3/t15-,16+,17?,18+,19+,20-,21?/m1/s1. The van der Waals surface area contributed by atoms with Crippen molar-refractivity contribution in [2.45, 2.75) is 77.4 Å². The van der Waals surface area contributed by atoms with Crippen LogP contribution >= 0.6 is 0 Å². The number of hydrogen-bond donors (Lipinski definition) is 2. The van der Waals surface area contributed by atoms with Crippen LogP contribution in [-0.4, -0.2) is 33.5 Å². The molecule has 0 amide bonds. The van der Waals surface area contributed by atoms with Crippen LogP contribution < -0.4 is 0 Å². The Bertz CT molecular complexity index is 667. The molecule has 7 atom stereocenters. The smallest absolute Gasteiger partial charge is 0.155 e. The van der Waals surface area contributed by atoms with Gasteiger partial charge in [-0.2, -0.15) is 0 Å². The minimum atomic E-state index is -0.984. The first-order valence-corrected chi connectivity index (χ1v) is 9.78. The maximum Gasteiger partial charge on any atom is 0.155 e. The number of carbonyl (C=O) groups is 2. The second kappa shape index (κ2) is 5.26. The zero-order valence-corrected chi connectivity index (χ0v) is 15.5. The van der Waals surface area contributed by atoms with E-state index in [9.17, 15) is 19.8 Å². The van der Waals surface area contributed by atoms with E-state index in [2.05, 4.69) is 13.8 Å². The molecule has 0 bridgehead atoms. The van der Waals surface area contributed by atoms with Crippen molar-refractivity contribution in [1.82, 2.24) is 0 Å². The average Bonchev–Trinajstić information content (AvgIpc) is 2.81. The maximum atomic E-state index is 12.2. The predicted octanol–water partition coefficient (Wildman–Crippen LogP) is 2.81. The molecule has 138 valence electrons. The summed E-state index contributed by atoms with van der Waals surface area (Å²) in [4.78, 5) is 24.1. The van der Waals surface area contributed by atoms with E-state index in [-0.39, 0.29) is 34.7 Å². The first kappa shape index (κ1) is 17.4. The van der Waals surface area contributed by atoms with Crippen LogP contribution in [0.25, 0.3) is 0 Å². The van der Waals surface area contributed by atoms with Crippen LogP contribution in [0.1, 0.15) is 65.7 Å². The van der Waals surface area contributed by atoms with E-state index < -0.39 is 17.1 Å². The summed E-state index contributed by atoms with van der Waals surface area (Å²) in [5, 5.41) is 22.8.